The molecule has 7 heteroatoms. The van der Waals surface area contributed by atoms with Crippen molar-refractivity contribution >= 4 is 28.8 Å². The SMILES string of the molecule is Cc1ccc(Cn2nc(C)c(C(=O)NCC(c3cccs3)N(C)C)c2Cl)cc1. The van der Waals surface area contributed by atoms with E-state index in [1.165, 1.54) is 10.4 Å². The van der Waals surface area contributed by atoms with Crippen molar-refractivity contribution in [3.8, 4) is 0 Å². The molecule has 1 amide bonds. The average Bonchev–Trinajstić information content (AvgIpc) is 3.25. The third kappa shape index (κ3) is 4.63. The van der Waals surface area contributed by atoms with E-state index in [0.29, 0.717) is 29.5 Å². The molecule has 1 N–H and O–H groups in total. The van der Waals surface area contributed by atoms with Crippen LogP contribution in [0.4, 0.5) is 0 Å². The summed E-state index contributed by atoms with van der Waals surface area (Å²) < 4.78 is 1.68. The Hall–Kier alpha value is -2.15. The van der Waals surface area contributed by atoms with Crippen molar-refractivity contribution in [1.82, 2.24) is 20.0 Å². The summed E-state index contributed by atoms with van der Waals surface area (Å²) in [6.45, 7) is 4.90. The minimum absolute atomic E-state index is 0.116. The Balaban J connectivity index is 1.73. The molecule has 0 fully saturated rings. The van der Waals surface area contributed by atoms with Gasteiger partial charge in [-0.15, -0.1) is 11.3 Å². The molecule has 2 heterocycles. The molecule has 148 valence electrons. The zero-order valence-electron chi connectivity index (χ0n) is 16.6. The zero-order valence-corrected chi connectivity index (χ0v) is 18.1. The minimum Gasteiger partial charge on any atom is -0.350 e. The third-order valence-corrected chi connectivity index (χ3v) is 6.05. The van der Waals surface area contributed by atoms with Gasteiger partial charge in [0.1, 0.15) is 5.15 Å². The molecule has 0 aliphatic heterocycles. The summed E-state index contributed by atoms with van der Waals surface area (Å²) >= 11 is 8.20. The number of nitrogens with zero attached hydrogens (tertiary/aromatic N) is 3. The van der Waals surface area contributed by atoms with Crippen LogP contribution in [0.3, 0.4) is 0 Å². The highest BCUT2D eigenvalue weighted by Crippen LogP contribution is 2.24. The number of nitrogens with one attached hydrogen (secondary N) is 1. The lowest BCUT2D eigenvalue weighted by atomic mass is 10.1. The maximum Gasteiger partial charge on any atom is 0.256 e. The Kier molecular flexibility index (Phi) is 6.54. The van der Waals surface area contributed by atoms with E-state index < -0.39 is 0 Å². The largest absolute Gasteiger partial charge is 0.350 e. The molecule has 0 bridgehead atoms. The predicted molar refractivity (Wildman–Crippen MR) is 115 cm³/mol. The van der Waals surface area contributed by atoms with Gasteiger partial charge in [0.05, 0.1) is 23.8 Å². The van der Waals surface area contributed by atoms with Crippen LogP contribution in [0.2, 0.25) is 5.15 Å². The van der Waals surface area contributed by atoms with Crippen molar-refractivity contribution in [1.29, 1.82) is 0 Å². The zero-order chi connectivity index (χ0) is 20.3. The number of carbonyl (C=O) groups excluding carboxylic acids is 1. The van der Waals surface area contributed by atoms with Gasteiger partial charge in [-0.25, -0.2) is 4.68 Å². The van der Waals surface area contributed by atoms with Gasteiger partial charge in [-0.3, -0.25) is 4.79 Å². The van der Waals surface area contributed by atoms with Crippen LogP contribution in [-0.4, -0.2) is 41.2 Å². The molecular formula is C21H25ClN4OS. The quantitative estimate of drug-likeness (QED) is 0.624. The monoisotopic (exact) mass is 416 g/mol. The first-order valence-electron chi connectivity index (χ1n) is 9.13. The molecule has 1 aromatic carbocycles. The smallest absolute Gasteiger partial charge is 0.256 e. The molecule has 0 aliphatic rings. The van der Waals surface area contributed by atoms with E-state index in [9.17, 15) is 4.79 Å². The van der Waals surface area contributed by atoms with Gasteiger partial charge in [0.2, 0.25) is 0 Å². The molecule has 28 heavy (non-hydrogen) atoms. The van der Waals surface area contributed by atoms with Gasteiger partial charge in [-0.1, -0.05) is 47.5 Å². The third-order valence-electron chi connectivity index (χ3n) is 4.70. The van der Waals surface area contributed by atoms with E-state index in [-0.39, 0.29) is 11.9 Å². The summed E-state index contributed by atoms with van der Waals surface area (Å²) in [4.78, 5) is 16.1. The molecule has 3 aromatic rings. The van der Waals surface area contributed by atoms with Gasteiger partial charge in [0.25, 0.3) is 5.91 Å². The molecule has 0 saturated carbocycles. The lowest BCUT2D eigenvalue weighted by Gasteiger charge is -2.23. The number of thiophene rings is 1. The van der Waals surface area contributed by atoms with Crippen molar-refractivity contribution in [3.05, 3.63) is 74.2 Å². The van der Waals surface area contributed by atoms with Crippen LogP contribution in [0.1, 0.15) is 38.1 Å². The van der Waals surface area contributed by atoms with Gasteiger partial charge in [0, 0.05) is 11.4 Å². The van der Waals surface area contributed by atoms with Crippen molar-refractivity contribution in [3.63, 3.8) is 0 Å². The first-order chi connectivity index (χ1) is 13.4. The predicted octanol–water partition coefficient (Wildman–Crippen LogP) is 4.30. The summed E-state index contributed by atoms with van der Waals surface area (Å²) in [6.07, 6.45) is 0. The van der Waals surface area contributed by atoms with Crippen LogP contribution in [0, 0.1) is 13.8 Å². The highest BCUT2D eigenvalue weighted by atomic mass is 35.5. The van der Waals surface area contributed by atoms with Gasteiger partial charge in [-0.2, -0.15) is 5.10 Å². The topological polar surface area (TPSA) is 50.2 Å². The molecular weight excluding hydrogens is 392 g/mol. The highest BCUT2D eigenvalue weighted by molar-refractivity contribution is 7.10. The van der Waals surface area contributed by atoms with Crippen LogP contribution < -0.4 is 5.32 Å². The summed E-state index contributed by atoms with van der Waals surface area (Å²) in [5.41, 5.74) is 3.37. The number of aromatic nitrogens is 2. The summed E-state index contributed by atoms with van der Waals surface area (Å²) in [5, 5.41) is 9.91. The maximum absolute atomic E-state index is 12.8. The van der Waals surface area contributed by atoms with E-state index in [4.69, 9.17) is 11.6 Å². The number of hydrogen-bond donors (Lipinski definition) is 1. The van der Waals surface area contributed by atoms with Crippen LogP contribution >= 0.6 is 22.9 Å². The molecule has 3 rings (SSSR count). The van der Waals surface area contributed by atoms with E-state index in [1.807, 2.05) is 44.6 Å². The number of amides is 1. The summed E-state index contributed by atoms with van der Waals surface area (Å²) in [5.74, 6) is -0.193. The normalized spacial score (nSPS) is 12.4. The Labute approximate surface area is 174 Å². The van der Waals surface area contributed by atoms with Crippen molar-refractivity contribution in [2.75, 3.05) is 20.6 Å². The molecule has 0 radical (unpaired) electrons. The second-order valence-electron chi connectivity index (χ2n) is 7.10. The van der Waals surface area contributed by atoms with Crippen LogP contribution in [0.5, 0.6) is 0 Å². The fourth-order valence-corrected chi connectivity index (χ4v) is 4.32. The van der Waals surface area contributed by atoms with E-state index in [2.05, 4.69) is 40.4 Å². The highest BCUT2D eigenvalue weighted by Gasteiger charge is 2.22. The van der Waals surface area contributed by atoms with Gasteiger partial charge < -0.3 is 10.2 Å². The molecule has 5 nitrogen and oxygen atoms in total. The minimum atomic E-state index is -0.193. The number of benzene rings is 1. The van der Waals surface area contributed by atoms with Gasteiger partial charge >= 0.3 is 0 Å². The summed E-state index contributed by atoms with van der Waals surface area (Å²) in [7, 11) is 4.02. The Bertz CT molecular complexity index is 932. The lowest BCUT2D eigenvalue weighted by Crippen LogP contribution is -2.34. The standard InChI is InChI=1S/C21H25ClN4OS/c1-14-7-9-16(10-8-14)13-26-20(22)19(15(2)24-26)21(27)23-12-17(25(3)4)18-6-5-11-28-18/h5-11,17H,12-13H2,1-4H3,(H,23,27). The van der Waals surface area contributed by atoms with Crippen molar-refractivity contribution in [2.24, 2.45) is 0 Å². The fraction of sp³-hybridized carbons (Fsp3) is 0.333. The summed E-state index contributed by atoms with van der Waals surface area (Å²) in [6, 6.07) is 12.4. The molecule has 1 atom stereocenters. The number of halogens is 1. The van der Waals surface area contributed by atoms with Crippen molar-refractivity contribution in [2.45, 2.75) is 26.4 Å². The average molecular weight is 417 g/mol. The number of aryl methyl sites for hydroxylation is 2. The van der Waals surface area contributed by atoms with Crippen molar-refractivity contribution < 1.29 is 4.79 Å². The first kappa shape index (κ1) is 20.6. The Morgan fingerprint density at radius 3 is 2.57 bits per heavy atom. The van der Waals surface area contributed by atoms with Crippen LogP contribution in [-0.2, 0) is 6.54 Å². The molecule has 0 saturated heterocycles. The number of rotatable bonds is 7. The number of hydrogen-bond acceptors (Lipinski definition) is 4. The van der Waals surface area contributed by atoms with Crippen LogP contribution in [0.25, 0.3) is 0 Å². The van der Waals surface area contributed by atoms with Gasteiger partial charge in [0.15, 0.2) is 0 Å². The second kappa shape index (κ2) is 8.90. The van der Waals surface area contributed by atoms with Crippen LogP contribution in [0.15, 0.2) is 41.8 Å². The second-order valence-corrected chi connectivity index (χ2v) is 8.44. The first-order valence-corrected chi connectivity index (χ1v) is 10.4. The molecule has 2 aromatic heterocycles. The Morgan fingerprint density at radius 1 is 1.25 bits per heavy atom. The van der Waals surface area contributed by atoms with E-state index >= 15 is 0 Å². The fourth-order valence-electron chi connectivity index (χ4n) is 3.08. The van der Waals surface area contributed by atoms with E-state index in [0.717, 1.165) is 5.56 Å². The maximum atomic E-state index is 12.8. The molecule has 0 spiro atoms. The van der Waals surface area contributed by atoms with E-state index in [1.54, 1.807) is 16.0 Å². The number of likely N-dealkylation sites (N-methyl/N-ethyl adjacent to an activating group) is 1. The Morgan fingerprint density at radius 2 is 1.96 bits per heavy atom. The molecule has 0 aliphatic carbocycles. The molecule has 1 unspecified atom stereocenters. The lowest BCUT2D eigenvalue weighted by molar-refractivity contribution is 0.0941. The van der Waals surface area contributed by atoms with Gasteiger partial charge in [-0.05, 0) is 45.0 Å². The number of carbonyl (C=O) groups is 1.